The molecule has 6 nitrogen and oxygen atoms in total. The van der Waals surface area contributed by atoms with Crippen LogP contribution in [-0.4, -0.2) is 33.4 Å². The van der Waals surface area contributed by atoms with E-state index in [1.807, 2.05) is 11.6 Å². The monoisotopic (exact) mass is 274 g/mol. The van der Waals surface area contributed by atoms with Crippen molar-refractivity contribution in [3.8, 4) is 0 Å². The summed E-state index contributed by atoms with van der Waals surface area (Å²) in [4.78, 5) is 16.4. The van der Waals surface area contributed by atoms with Crippen molar-refractivity contribution in [3.63, 3.8) is 0 Å². The largest absolute Gasteiger partial charge is 0.462 e. The highest BCUT2D eigenvalue weighted by Crippen LogP contribution is 2.32. The summed E-state index contributed by atoms with van der Waals surface area (Å²) in [6, 6.07) is 0.443. The Balaban J connectivity index is 2.10. The zero-order chi connectivity index (χ0) is 14.1. The van der Waals surface area contributed by atoms with Crippen molar-refractivity contribution < 1.29 is 9.53 Å². The van der Waals surface area contributed by atoms with Gasteiger partial charge in [0.2, 0.25) is 0 Å². The van der Waals surface area contributed by atoms with Gasteiger partial charge < -0.3 is 10.1 Å². The standard InChI is InChI=1S/C14H18N4O2/c1-3-18-13-10(8-16-18)12(17-9-5-6-9)11(7-15-13)14(19)20-4-2/h7-9H,3-6H2,1-2H3,(H,15,17). The van der Waals surface area contributed by atoms with Gasteiger partial charge in [-0.3, -0.25) is 0 Å². The van der Waals surface area contributed by atoms with E-state index in [1.54, 1.807) is 19.3 Å². The maximum Gasteiger partial charge on any atom is 0.341 e. The SMILES string of the molecule is CCOC(=O)c1cnc2c(cnn2CC)c1NC1CC1. The van der Waals surface area contributed by atoms with Crippen LogP contribution in [-0.2, 0) is 11.3 Å². The van der Waals surface area contributed by atoms with Crippen LogP contribution in [0.15, 0.2) is 12.4 Å². The van der Waals surface area contributed by atoms with Gasteiger partial charge in [0.1, 0.15) is 5.56 Å². The summed E-state index contributed by atoms with van der Waals surface area (Å²) in [5.41, 5.74) is 2.08. The Morgan fingerprint density at radius 2 is 2.25 bits per heavy atom. The summed E-state index contributed by atoms with van der Waals surface area (Å²) in [7, 11) is 0. The molecule has 6 heteroatoms. The summed E-state index contributed by atoms with van der Waals surface area (Å²) < 4.78 is 6.93. The summed E-state index contributed by atoms with van der Waals surface area (Å²) in [6.45, 7) is 4.92. The molecule has 20 heavy (non-hydrogen) atoms. The molecule has 3 rings (SSSR count). The van der Waals surface area contributed by atoms with Crippen LogP contribution in [0.2, 0.25) is 0 Å². The van der Waals surface area contributed by atoms with Crippen molar-refractivity contribution in [2.75, 3.05) is 11.9 Å². The first-order valence-corrected chi connectivity index (χ1v) is 7.02. The second kappa shape index (κ2) is 5.11. The van der Waals surface area contributed by atoms with E-state index in [4.69, 9.17) is 4.74 Å². The number of rotatable bonds is 5. The Morgan fingerprint density at radius 1 is 1.45 bits per heavy atom. The van der Waals surface area contributed by atoms with E-state index in [1.165, 1.54) is 0 Å². The van der Waals surface area contributed by atoms with Crippen molar-refractivity contribution in [1.82, 2.24) is 14.8 Å². The first-order chi connectivity index (χ1) is 9.74. The van der Waals surface area contributed by atoms with Crippen LogP contribution in [0, 0.1) is 0 Å². The molecule has 0 saturated heterocycles. The predicted molar refractivity (Wildman–Crippen MR) is 75.8 cm³/mol. The van der Waals surface area contributed by atoms with Gasteiger partial charge in [0.15, 0.2) is 5.65 Å². The fraction of sp³-hybridized carbons (Fsp3) is 0.500. The van der Waals surface area contributed by atoms with Crippen LogP contribution in [0.5, 0.6) is 0 Å². The Morgan fingerprint density at radius 3 is 2.90 bits per heavy atom. The number of aromatic nitrogens is 3. The highest BCUT2D eigenvalue weighted by molar-refractivity contribution is 6.04. The molecule has 1 fully saturated rings. The second-order valence-electron chi connectivity index (χ2n) is 4.88. The van der Waals surface area contributed by atoms with E-state index < -0.39 is 0 Å². The van der Waals surface area contributed by atoms with Gasteiger partial charge in [0.05, 0.1) is 23.9 Å². The van der Waals surface area contributed by atoms with E-state index in [2.05, 4.69) is 15.4 Å². The lowest BCUT2D eigenvalue weighted by molar-refractivity contribution is 0.0527. The molecule has 2 aromatic heterocycles. The molecule has 0 amide bonds. The number of carbonyl (C=O) groups excluding carboxylic acids is 1. The molecule has 0 aromatic carbocycles. The van der Waals surface area contributed by atoms with Crippen molar-refractivity contribution in [2.45, 2.75) is 39.3 Å². The van der Waals surface area contributed by atoms with E-state index in [0.717, 1.165) is 36.1 Å². The molecule has 106 valence electrons. The molecule has 0 radical (unpaired) electrons. The number of nitrogens with zero attached hydrogens (tertiary/aromatic N) is 3. The molecule has 1 saturated carbocycles. The molecule has 2 aromatic rings. The highest BCUT2D eigenvalue weighted by Gasteiger charge is 2.26. The van der Waals surface area contributed by atoms with E-state index in [0.29, 0.717) is 18.2 Å². The fourth-order valence-electron chi connectivity index (χ4n) is 2.21. The Hall–Kier alpha value is -2.11. The summed E-state index contributed by atoms with van der Waals surface area (Å²) in [5, 5.41) is 8.60. The minimum Gasteiger partial charge on any atom is -0.462 e. The Bertz CT molecular complexity index is 646. The van der Waals surface area contributed by atoms with Gasteiger partial charge >= 0.3 is 5.97 Å². The van der Waals surface area contributed by atoms with Crippen LogP contribution in [0.3, 0.4) is 0 Å². The number of fused-ring (bicyclic) bond motifs is 1. The third-order valence-electron chi connectivity index (χ3n) is 3.39. The number of aryl methyl sites for hydroxylation is 1. The lowest BCUT2D eigenvalue weighted by atomic mass is 10.2. The number of esters is 1. The Labute approximate surface area is 117 Å². The van der Waals surface area contributed by atoms with Gasteiger partial charge in [-0.05, 0) is 26.7 Å². The van der Waals surface area contributed by atoms with Crippen molar-refractivity contribution >= 4 is 22.7 Å². The number of ether oxygens (including phenoxy) is 1. The first kappa shape index (κ1) is 12.9. The summed E-state index contributed by atoms with van der Waals surface area (Å²) >= 11 is 0. The molecular weight excluding hydrogens is 256 g/mol. The van der Waals surface area contributed by atoms with Gasteiger partial charge in [-0.25, -0.2) is 14.5 Å². The molecule has 0 spiro atoms. The van der Waals surface area contributed by atoms with Crippen LogP contribution >= 0.6 is 0 Å². The fourth-order valence-corrected chi connectivity index (χ4v) is 2.21. The summed E-state index contributed by atoms with van der Waals surface area (Å²) in [5.74, 6) is -0.339. The predicted octanol–water partition coefficient (Wildman–Crippen LogP) is 2.20. The molecule has 1 N–H and O–H groups in total. The van der Waals surface area contributed by atoms with Crippen molar-refractivity contribution in [1.29, 1.82) is 0 Å². The van der Waals surface area contributed by atoms with Crippen LogP contribution in [0.1, 0.15) is 37.0 Å². The quantitative estimate of drug-likeness (QED) is 0.846. The zero-order valence-corrected chi connectivity index (χ0v) is 11.7. The van der Waals surface area contributed by atoms with E-state index in [-0.39, 0.29) is 5.97 Å². The number of anilines is 1. The van der Waals surface area contributed by atoms with Crippen LogP contribution < -0.4 is 5.32 Å². The Kier molecular flexibility index (Phi) is 3.30. The van der Waals surface area contributed by atoms with Gasteiger partial charge in [0, 0.05) is 18.8 Å². The highest BCUT2D eigenvalue weighted by atomic mass is 16.5. The lowest BCUT2D eigenvalue weighted by Gasteiger charge is -2.11. The molecule has 2 heterocycles. The minimum atomic E-state index is -0.339. The number of hydrogen-bond acceptors (Lipinski definition) is 5. The molecule has 0 bridgehead atoms. The van der Waals surface area contributed by atoms with E-state index in [9.17, 15) is 4.79 Å². The molecule has 0 aliphatic heterocycles. The lowest BCUT2D eigenvalue weighted by Crippen LogP contribution is -2.12. The third kappa shape index (κ3) is 2.21. The normalized spacial score (nSPS) is 14.5. The summed E-state index contributed by atoms with van der Waals surface area (Å²) in [6.07, 6.45) is 5.61. The van der Waals surface area contributed by atoms with Gasteiger partial charge in [-0.1, -0.05) is 0 Å². The van der Waals surface area contributed by atoms with Gasteiger partial charge in [0.25, 0.3) is 0 Å². The third-order valence-corrected chi connectivity index (χ3v) is 3.39. The maximum absolute atomic E-state index is 12.1. The van der Waals surface area contributed by atoms with Crippen LogP contribution in [0.4, 0.5) is 5.69 Å². The molecular formula is C14H18N4O2. The van der Waals surface area contributed by atoms with E-state index >= 15 is 0 Å². The molecule has 1 aliphatic rings. The average Bonchev–Trinajstić information content (AvgIpc) is 3.16. The number of hydrogen-bond donors (Lipinski definition) is 1. The first-order valence-electron chi connectivity index (χ1n) is 7.02. The molecule has 0 unspecified atom stereocenters. The van der Waals surface area contributed by atoms with Crippen LogP contribution in [0.25, 0.3) is 11.0 Å². The maximum atomic E-state index is 12.1. The number of carbonyl (C=O) groups is 1. The second-order valence-corrected chi connectivity index (χ2v) is 4.88. The minimum absolute atomic E-state index is 0.339. The zero-order valence-electron chi connectivity index (χ0n) is 11.7. The van der Waals surface area contributed by atoms with Gasteiger partial charge in [-0.2, -0.15) is 5.10 Å². The molecule has 0 atom stereocenters. The number of nitrogens with one attached hydrogen (secondary N) is 1. The van der Waals surface area contributed by atoms with Crippen molar-refractivity contribution in [3.05, 3.63) is 18.0 Å². The smallest absolute Gasteiger partial charge is 0.341 e. The topological polar surface area (TPSA) is 69.0 Å². The van der Waals surface area contributed by atoms with Gasteiger partial charge in [-0.15, -0.1) is 0 Å². The van der Waals surface area contributed by atoms with Crippen molar-refractivity contribution in [2.24, 2.45) is 0 Å². The molecule has 1 aliphatic carbocycles. The average molecular weight is 274 g/mol. The number of pyridine rings is 1.